The molecule has 1 aliphatic heterocycles. The zero-order valence-corrected chi connectivity index (χ0v) is 14.1. The van der Waals surface area contributed by atoms with E-state index in [0.29, 0.717) is 12.8 Å². The Morgan fingerprint density at radius 2 is 1.36 bits per heavy atom. The van der Waals surface area contributed by atoms with E-state index in [-0.39, 0.29) is 6.04 Å². The monoisotopic (exact) mass is 314 g/mol. The third kappa shape index (κ3) is 3.45. The molecule has 22 heavy (non-hydrogen) atoms. The number of carbonyl (C=O) groups excluding carboxylic acids is 2. The van der Waals surface area contributed by atoms with E-state index in [1.54, 1.807) is 41.5 Å². The van der Waals surface area contributed by atoms with Gasteiger partial charge in [0.15, 0.2) is 0 Å². The number of hydrogen-bond donors (Lipinski definition) is 1. The van der Waals surface area contributed by atoms with Crippen molar-refractivity contribution in [3.63, 3.8) is 0 Å². The lowest BCUT2D eigenvalue weighted by atomic mass is 10.2. The number of hydrogen-bond acceptors (Lipinski definition) is 5. The van der Waals surface area contributed by atoms with Gasteiger partial charge in [-0.05, 0) is 54.4 Å². The van der Waals surface area contributed by atoms with Gasteiger partial charge in [-0.1, -0.05) is 0 Å². The first kappa shape index (κ1) is 16.9. The molecule has 0 unspecified atom stereocenters. The fourth-order valence-electron chi connectivity index (χ4n) is 2.84. The number of nitrogens with zero attached hydrogens (tertiary/aromatic N) is 2. The summed E-state index contributed by atoms with van der Waals surface area (Å²) >= 11 is 0. The van der Waals surface area contributed by atoms with Crippen LogP contribution in [0.5, 0.6) is 0 Å². The van der Waals surface area contributed by atoms with Crippen molar-refractivity contribution in [2.45, 2.75) is 83.8 Å². The predicted molar refractivity (Wildman–Crippen MR) is 79.0 cm³/mol. The average Bonchev–Trinajstić information content (AvgIpc) is 2.79. The largest absolute Gasteiger partial charge is 0.442 e. The number of carbonyl (C=O) groups is 2. The van der Waals surface area contributed by atoms with Crippen LogP contribution in [0.3, 0.4) is 0 Å². The number of amides is 2. The molecule has 0 aromatic carbocycles. The zero-order valence-electron chi connectivity index (χ0n) is 14.1. The van der Waals surface area contributed by atoms with Crippen LogP contribution in [0.25, 0.3) is 0 Å². The predicted octanol–water partition coefficient (Wildman–Crippen LogP) is 2.28. The molecule has 1 saturated carbocycles. The summed E-state index contributed by atoms with van der Waals surface area (Å²) in [5.74, 6) is 0. The van der Waals surface area contributed by atoms with E-state index in [0.717, 1.165) is 0 Å². The van der Waals surface area contributed by atoms with Crippen LogP contribution >= 0.6 is 0 Å². The zero-order chi connectivity index (χ0) is 16.9. The van der Waals surface area contributed by atoms with Crippen molar-refractivity contribution >= 4 is 12.2 Å². The van der Waals surface area contributed by atoms with Gasteiger partial charge in [0, 0.05) is 0 Å². The minimum Gasteiger partial charge on any atom is -0.442 e. The van der Waals surface area contributed by atoms with Gasteiger partial charge in [0.25, 0.3) is 0 Å². The van der Waals surface area contributed by atoms with Crippen molar-refractivity contribution in [1.82, 2.24) is 10.0 Å². The highest BCUT2D eigenvalue weighted by atomic mass is 16.6. The molecule has 2 fully saturated rings. The smallest absolute Gasteiger partial charge is 0.429 e. The van der Waals surface area contributed by atoms with Gasteiger partial charge >= 0.3 is 12.2 Å². The van der Waals surface area contributed by atoms with Crippen LogP contribution in [0, 0.1) is 0 Å². The molecule has 2 rings (SSSR count). The van der Waals surface area contributed by atoms with E-state index in [1.165, 1.54) is 10.0 Å². The number of aliphatic hydroxyl groups is 1. The van der Waals surface area contributed by atoms with Crippen LogP contribution in [-0.4, -0.2) is 56.7 Å². The lowest BCUT2D eigenvalue weighted by molar-refractivity contribution is -0.0986. The van der Waals surface area contributed by atoms with Gasteiger partial charge < -0.3 is 14.6 Å². The Morgan fingerprint density at radius 3 is 1.82 bits per heavy atom. The summed E-state index contributed by atoms with van der Waals surface area (Å²) in [5, 5.41) is 12.6. The summed E-state index contributed by atoms with van der Waals surface area (Å²) < 4.78 is 10.7. The standard InChI is InChI=1S/C15H26N2O5/c1-14(2,3)21-12(19)16-9-7-10(11(18)8-9)17(16)13(20)22-15(4,5)6/h9-11,18H,7-8H2,1-6H3/t9-,10-,11-/m0/s1. The first-order chi connectivity index (χ1) is 9.89. The molecule has 2 aliphatic rings. The van der Waals surface area contributed by atoms with Gasteiger partial charge in [0.2, 0.25) is 0 Å². The first-order valence-corrected chi connectivity index (χ1v) is 7.61. The van der Waals surface area contributed by atoms with Crippen LogP contribution in [0.2, 0.25) is 0 Å². The van der Waals surface area contributed by atoms with Crippen molar-refractivity contribution < 1.29 is 24.2 Å². The normalized spacial score (nSPS) is 28.0. The molecule has 126 valence electrons. The summed E-state index contributed by atoms with van der Waals surface area (Å²) in [6.45, 7) is 10.6. The van der Waals surface area contributed by atoms with Crippen LogP contribution in [-0.2, 0) is 9.47 Å². The average molecular weight is 314 g/mol. The van der Waals surface area contributed by atoms with Gasteiger partial charge in [-0.3, -0.25) is 0 Å². The summed E-state index contributed by atoms with van der Waals surface area (Å²) in [7, 11) is 0. The molecule has 2 bridgehead atoms. The van der Waals surface area contributed by atoms with Gasteiger partial charge in [-0.15, -0.1) is 0 Å². The Kier molecular flexibility index (Phi) is 4.06. The summed E-state index contributed by atoms with van der Waals surface area (Å²) in [6, 6.07) is -0.672. The highest BCUT2D eigenvalue weighted by Crippen LogP contribution is 2.39. The Hall–Kier alpha value is -1.50. The van der Waals surface area contributed by atoms with E-state index in [9.17, 15) is 14.7 Å². The van der Waals surface area contributed by atoms with Crippen molar-refractivity contribution in [3.8, 4) is 0 Å². The highest BCUT2D eigenvalue weighted by molar-refractivity contribution is 5.76. The van der Waals surface area contributed by atoms with E-state index in [2.05, 4.69) is 0 Å². The fourth-order valence-corrected chi connectivity index (χ4v) is 2.84. The Labute approximate surface area is 131 Å². The maximum absolute atomic E-state index is 12.4. The molecule has 2 amide bonds. The SMILES string of the molecule is CC(C)(C)OC(=O)N1[C@@H]2C[C@H](O)[C@H](C2)N1C(=O)OC(C)(C)C. The lowest BCUT2D eigenvalue weighted by Crippen LogP contribution is -2.58. The number of rotatable bonds is 0. The molecule has 7 heteroatoms. The minimum atomic E-state index is -0.677. The van der Waals surface area contributed by atoms with Crippen LogP contribution < -0.4 is 0 Å². The fraction of sp³-hybridized carbons (Fsp3) is 0.867. The molecule has 0 aromatic rings. The van der Waals surface area contributed by atoms with Crippen molar-refractivity contribution in [2.24, 2.45) is 0 Å². The van der Waals surface area contributed by atoms with Gasteiger partial charge in [0.1, 0.15) is 11.2 Å². The van der Waals surface area contributed by atoms with E-state index in [4.69, 9.17) is 9.47 Å². The second-order valence-electron chi connectivity index (χ2n) is 7.91. The summed E-state index contributed by atoms with van der Waals surface area (Å²) in [5.41, 5.74) is -1.33. The first-order valence-electron chi connectivity index (χ1n) is 7.61. The number of hydrazine groups is 1. The second kappa shape index (κ2) is 5.30. The lowest BCUT2D eigenvalue weighted by Gasteiger charge is -2.40. The number of aliphatic hydroxyl groups excluding tert-OH is 1. The number of ether oxygens (including phenoxy) is 2. The van der Waals surface area contributed by atoms with E-state index in [1.807, 2.05) is 0 Å². The Balaban J connectivity index is 2.20. The number of fused-ring (bicyclic) bond motifs is 2. The van der Waals surface area contributed by atoms with Gasteiger partial charge in [0.05, 0.1) is 18.2 Å². The molecule has 0 aromatic heterocycles. The molecule has 0 radical (unpaired) electrons. The Bertz CT molecular complexity index is 466. The molecule has 1 N–H and O–H groups in total. The van der Waals surface area contributed by atoms with E-state index < -0.39 is 35.5 Å². The third-order valence-electron chi connectivity index (χ3n) is 3.52. The molecule has 3 atom stereocenters. The molecule has 1 aliphatic carbocycles. The molecule has 1 heterocycles. The third-order valence-corrected chi connectivity index (χ3v) is 3.52. The Morgan fingerprint density at radius 1 is 0.909 bits per heavy atom. The maximum atomic E-state index is 12.4. The van der Waals surface area contributed by atoms with Crippen molar-refractivity contribution in [3.05, 3.63) is 0 Å². The van der Waals surface area contributed by atoms with Crippen molar-refractivity contribution in [2.75, 3.05) is 0 Å². The van der Waals surface area contributed by atoms with Crippen LogP contribution in [0.1, 0.15) is 54.4 Å². The molecular weight excluding hydrogens is 288 g/mol. The molecule has 0 spiro atoms. The topological polar surface area (TPSA) is 79.3 Å². The van der Waals surface area contributed by atoms with E-state index >= 15 is 0 Å². The van der Waals surface area contributed by atoms with Crippen LogP contribution in [0.4, 0.5) is 9.59 Å². The van der Waals surface area contributed by atoms with Gasteiger partial charge in [-0.25, -0.2) is 19.6 Å². The second-order valence-corrected chi connectivity index (χ2v) is 7.91. The maximum Gasteiger partial charge on any atom is 0.429 e. The quantitative estimate of drug-likeness (QED) is 0.742. The van der Waals surface area contributed by atoms with Crippen LogP contribution in [0.15, 0.2) is 0 Å². The van der Waals surface area contributed by atoms with Crippen molar-refractivity contribution in [1.29, 1.82) is 0 Å². The molecule has 1 saturated heterocycles. The van der Waals surface area contributed by atoms with Gasteiger partial charge in [-0.2, -0.15) is 0 Å². The molecular formula is C15H26N2O5. The highest BCUT2D eigenvalue weighted by Gasteiger charge is 2.55. The summed E-state index contributed by atoms with van der Waals surface area (Å²) in [4.78, 5) is 24.8. The summed E-state index contributed by atoms with van der Waals surface area (Å²) in [6.07, 6.45) is -0.873. The minimum absolute atomic E-state index is 0.234. The molecule has 7 nitrogen and oxygen atoms in total.